The minimum absolute atomic E-state index is 0.0461. The van der Waals surface area contributed by atoms with Gasteiger partial charge in [-0.2, -0.15) is 4.31 Å². The second kappa shape index (κ2) is 9.43. The van der Waals surface area contributed by atoms with Gasteiger partial charge >= 0.3 is 5.97 Å². The van der Waals surface area contributed by atoms with E-state index in [1.165, 1.54) is 34.6 Å². The van der Waals surface area contributed by atoms with E-state index < -0.39 is 16.0 Å². The molecule has 0 aliphatic heterocycles. The van der Waals surface area contributed by atoms with E-state index in [2.05, 4.69) is 0 Å². The highest BCUT2D eigenvalue weighted by Gasteiger charge is 2.20. The average molecular weight is 391 g/mol. The zero-order valence-electron chi connectivity index (χ0n) is 15.3. The van der Waals surface area contributed by atoms with Crippen LogP contribution < -0.4 is 0 Å². The Morgan fingerprint density at radius 2 is 1.63 bits per heavy atom. The van der Waals surface area contributed by atoms with E-state index in [0.717, 1.165) is 0 Å². The van der Waals surface area contributed by atoms with Gasteiger partial charge in [0.25, 0.3) is 0 Å². The first kappa shape index (κ1) is 20.8. The Balaban J connectivity index is 1.97. The molecule has 7 heteroatoms. The summed E-state index contributed by atoms with van der Waals surface area (Å²) in [6, 6.07) is 12.0. The van der Waals surface area contributed by atoms with E-state index in [1.807, 2.05) is 0 Å². The number of benzene rings is 2. The molecule has 0 aliphatic carbocycles. The van der Waals surface area contributed by atoms with Crippen molar-refractivity contribution in [3.8, 4) is 0 Å². The maximum absolute atomic E-state index is 12.8. The van der Waals surface area contributed by atoms with E-state index in [1.54, 1.807) is 44.2 Å². The molecule has 144 valence electrons. The van der Waals surface area contributed by atoms with Crippen LogP contribution in [0.1, 0.15) is 25.0 Å². The van der Waals surface area contributed by atoms with Crippen LogP contribution in [-0.4, -0.2) is 31.8 Å². The average Bonchev–Trinajstić information content (AvgIpc) is 2.67. The van der Waals surface area contributed by atoms with Crippen LogP contribution in [0.15, 0.2) is 59.5 Å². The van der Waals surface area contributed by atoms with Crippen LogP contribution in [0.5, 0.6) is 0 Å². The van der Waals surface area contributed by atoms with E-state index in [-0.39, 0.29) is 17.3 Å². The first-order valence-corrected chi connectivity index (χ1v) is 10.00. The largest absolute Gasteiger partial charge is 0.458 e. The van der Waals surface area contributed by atoms with Crippen molar-refractivity contribution in [3.63, 3.8) is 0 Å². The molecule has 0 heterocycles. The number of rotatable bonds is 8. The lowest BCUT2D eigenvalue weighted by Crippen LogP contribution is -2.30. The van der Waals surface area contributed by atoms with Crippen molar-refractivity contribution in [2.75, 3.05) is 13.1 Å². The Kier molecular flexibility index (Phi) is 7.27. The fraction of sp³-hybridized carbons (Fsp3) is 0.250. The van der Waals surface area contributed by atoms with Gasteiger partial charge in [0, 0.05) is 19.2 Å². The molecule has 0 fully saturated rings. The van der Waals surface area contributed by atoms with Crippen molar-refractivity contribution in [1.82, 2.24) is 4.31 Å². The Bertz CT molecular complexity index is 887. The second-order valence-corrected chi connectivity index (χ2v) is 7.66. The third-order valence-electron chi connectivity index (χ3n) is 3.93. The summed E-state index contributed by atoms with van der Waals surface area (Å²) in [5.74, 6) is -0.893. The molecule has 0 aliphatic rings. The summed E-state index contributed by atoms with van der Waals surface area (Å²) in [4.78, 5) is 12.0. The third kappa shape index (κ3) is 5.74. The summed E-state index contributed by atoms with van der Waals surface area (Å²) in [5, 5.41) is 0. The van der Waals surface area contributed by atoms with Crippen molar-refractivity contribution in [1.29, 1.82) is 0 Å². The van der Waals surface area contributed by atoms with E-state index in [0.29, 0.717) is 24.2 Å². The van der Waals surface area contributed by atoms with Crippen LogP contribution >= 0.6 is 0 Å². The fourth-order valence-electron chi connectivity index (χ4n) is 2.41. The monoisotopic (exact) mass is 391 g/mol. The summed E-state index contributed by atoms with van der Waals surface area (Å²) in [6.45, 7) is 4.43. The van der Waals surface area contributed by atoms with Crippen LogP contribution in [-0.2, 0) is 26.2 Å². The topological polar surface area (TPSA) is 63.7 Å². The molecule has 0 radical (unpaired) electrons. The van der Waals surface area contributed by atoms with Crippen molar-refractivity contribution in [2.45, 2.75) is 25.3 Å². The summed E-state index contributed by atoms with van der Waals surface area (Å²) in [7, 11) is -3.50. The minimum atomic E-state index is -3.50. The molecule has 0 spiro atoms. The lowest BCUT2D eigenvalue weighted by Gasteiger charge is -2.18. The van der Waals surface area contributed by atoms with Crippen molar-refractivity contribution in [2.24, 2.45) is 0 Å². The van der Waals surface area contributed by atoms with Gasteiger partial charge in [-0.15, -0.1) is 0 Å². The highest BCUT2D eigenvalue weighted by Crippen LogP contribution is 2.16. The van der Waals surface area contributed by atoms with Crippen LogP contribution in [0.3, 0.4) is 0 Å². The maximum atomic E-state index is 12.8. The van der Waals surface area contributed by atoms with Crippen LogP contribution in [0.4, 0.5) is 4.39 Å². The Labute approximate surface area is 159 Å². The van der Waals surface area contributed by atoms with Crippen LogP contribution in [0.25, 0.3) is 6.08 Å². The van der Waals surface area contributed by atoms with Gasteiger partial charge in [-0.1, -0.05) is 38.1 Å². The predicted molar refractivity (Wildman–Crippen MR) is 102 cm³/mol. The Morgan fingerprint density at radius 1 is 1.04 bits per heavy atom. The minimum Gasteiger partial charge on any atom is -0.458 e. The SMILES string of the molecule is CCN(CC)S(=O)(=O)c1ccc(/C=C/C(=O)OCc2ccc(F)cc2)cc1. The fourth-order valence-corrected chi connectivity index (χ4v) is 3.87. The van der Waals surface area contributed by atoms with Crippen LogP contribution in [0, 0.1) is 5.82 Å². The Morgan fingerprint density at radius 3 is 2.19 bits per heavy atom. The Hall–Kier alpha value is -2.51. The molecule has 5 nitrogen and oxygen atoms in total. The molecule has 0 saturated carbocycles. The maximum Gasteiger partial charge on any atom is 0.331 e. The van der Waals surface area contributed by atoms with Gasteiger partial charge < -0.3 is 4.74 Å². The predicted octanol–water partition coefficient (Wildman–Crippen LogP) is 3.61. The number of ether oxygens (including phenoxy) is 1. The number of esters is 1. The number of sulfonamides is 1. The number of carbonyl (C=O) groups is 1. The number of halogens is 1. The standard InChI is InChI=1S/C20H22FNO4S/c1-3-22(4-2)27(24,25)19-12-7-16(8-13-19)9-14-20(23)26-15-17-5-10-18(21)11-6-17/h5-14H,3-4,15H2,1-2H3/b14-9+. The van der Waals surface area contributed by atoms with Crippen molar-refractivity contribution in [3.05, 3.63) is 71.6 Å². The lowest BCUT2D eigenvalue weighted by atomic mass is 10.2. The molecular formula is C20H22FNO4S. The van der Waals surface area contributed by atoms with Gasteiger partial charge in [-0.05, 0) is 41.5 Å². The lowest BCUT2D eigenvalue weighted by molar-refractivity contribution is -0.138. The first-order chi connectivity index (χ1) is 12.9. The van der Waals surface area contributed by atoms with Gasteiger partial charge in [0.2, 0.25) is 10.0 Å². The third-order valence-corrected chi connectivity index (χ3v) is 5.99. The smallest absolute Gasteiger partial charge is 0.331 e. The molecule has 2 aromatic rings. The van der Waals surface area contributed by atoms with E-state index in [4.69, 9.17) is 4.74 Å². The van der Waals surface area contributed by atoms with Gasteiger partial charge in [-0.3, -0.25) is 0 Å². The number of carbonyl (C=O) groups excluding carboxylic acids is 1. The highest BCUT2D eigenvalue weighted by molar-refractivity contribution is 7.89. The van der Waals surface area contributed by atoms with Gasteiger partial charge in [0.1, 0.15) is 12.4 Å². The molecule has 0 N–H and O–H groups in total. The molecule has 0 atom stereocenters. The van der Waals surface area contributed by atoms with Crippen molar-refractivity contribution >= 4 is 22.1 Å². The quantitative estimate of drug-likeness (QED) is 0.509. The van der Waals surface area contributed by atoms with Gasteiger partial charge in [0.05, 0.1) is 4.90 Å². The molecule has 0 aromatic heterocycles. The second-order valence-electron chi connectivity index (χ2n) is 5.73. The first-order valence-electron chi connectivity index (χ1n) is 8.56. The molecule has 0 saturated heterocycles. The summed E-state index contributed by atoms with van der Waals surface area (Å²) >= 11 is 0. The highest BCUT2D eigenvalue weighted by atomic mass is 32.2. The van der Waals surface area contributed by atoms with E-state index >= 15 is 0 Å². The molecule has 2 rings (SSSR count). The normalized spacial score (nSPS) is 11.9. The molecule has 0 unspecified atom stereocenters. The van der Waals surface area contributed by atoms with Gasteiger partial charge in [0.15, 0.2) is 0 Å². The summed E-state index contributed by atoms with van der Waals surface area (Å²) in [5.41, 5.74) is 1.36. The zero-order chi connectivity index (χ0) is 19.9. The van der Waals surface area contributed by atoms with Crippen molar-refractivity contribution < 1.29 is 22.3 Å². The number of hydrogen-bond donors (Lipinski definition) is 0. The molecule has 0 bridgehead atoms. The van der Waals surface area contributed by atoms with Gasteiger partial charge in [-0.25, -0.2) is 17.6 Å². The zero-order valence-corrected chi connectivity index (χ0v) is 16.1. The molecule has 2 aromatic carbocycles. The molecule has 0 amide bonds. The van der Waals surface area contributed by atoms with E-state index in [9.17, 15) is 17.6 Å². The van der Waals surface area contributed by atoms with Crippen LogP contribution in [0.2, 0.25) is 0 Å². The molecular weight excluding hydrogens is 369 g/mol. The summed E-state index contributed by atoms with van der Waals surface area (Å²) in [6.07, 6.45) is 2.80. The number of hydrogen-bond acceptors (Lipinski definition) is 4. The summed E-state index contributed by atoms with van der Waals surface area (Å²) < 4.78 is 44.1. The number of nitrogens with zero attached hydrogens (tertiary/aromatic N) is 1. The molecule has 27 heavy (non-hydrogen) atoms.